The molecule has 8 nitrogen and oxygen atoms in total. The van der Waals surface area contributed by atoms with Crippen molar-refractivity contribution in [2.75, 3.05) is 11.4 Å². The first-order valence-corrected chi connectivity index (χ1v) is 14.7. The molecule has 1 aliphatic heterocycles. The number of nitrogens with zero attached hydrogens (tertiary/aromatic N) is 3. The fraction of sp³-hybridized carbons (Fsp3) is 0.172. The zero-order valence-corrected chi connectivity index (χ0v) is 23.1. The van der Waals surface area contributed by atoms with Crippen LogP contribution in [0.3, 0.4) is 0 Å². The lowest BCUT2D eigenvalue weighted by Crippen LogP contribution is -2.43. The van der Waals surface area contributed by atoms with Crippen molar-refractivity contribution in [2.24, 2.45) is 4.40 Å². The van der Waals surface area contributed by atoms with Crippen LogP contribution < -0.4 is 19.3 Å². The molecule has 0 bridgehead atoms. The van der Waals surface area contributed by atoms with Crippen molar-refractivity contribution in [3.8, 4) is 16.9 Å². The molecule has 39 heavy (non-hydrogen) atoms. The van der Waals surface area contributed by atoms with Gasteiger partial charge in [-0.2, -0.15) is 17.4 Å². The van der Waals surface area contributed by atoms with Gasteiger partial charge in [-0.1, -0.05) is 66.8 Å². The van der Waals surface area contributed by atoms with E-state index >= 15 is 0 Å². The summed E-state index contributed by atoms with van der Waals surface area (Å²) >= 11 is 1.48. The first-order valence-electron chi connectivity index (χ1n) is 12.5. The Morgan fingerprint density at radius 3 is 2.54 bits per heavy atom. The van der Waals surface area contributed by atoms with E-state index < -0.39 is 16.2 Å². The van der Waals surface area contributed by atoms with Gasteiger partial charge in [-0.3, -0.25) is 4.55 Å². The first-order chi connectivity index (χ1) is 18.8. The van der Waals surface area contributed by atoms with E-state index in [1.165, 1.54) is 11.3 Å². The predicted octanol–water partition coefficient (Wildman–Crippen LogP) is 4.97. The Balaban J connectivity index is 1.52. The third-order valence-corrected chi connectivity index (χ3v) is 7.87. The number of benzene rings is 3. The van der Waals surface area contributed by atoms with Crippen LogP contribution in [0.25, 0.3) is 27.4 Å². The van der Waals surface area contributed by atoms with Crippen molar-refractivity contribution < 1.29 is 27.4 Å². The molecule has 0 saturated carbocycles. The van der Waals surface area contributed by atoms with Crippen LogP contribution in [0, 0.1) is 0 Å². The summed E-state index contributed by atoms with van der Waals surface area (Å²) in [5.74, 6) is 0.529. The van der Waals surface area contributed by atoms with Crippen LogP contribution in [-0.2, 0) is 16.8 Å². The Labute approximate surface area is 231 Å². The van der Waals surface area contributed by atoms with E-state index in [0.717, 1.165) is 43.4 Å². The van der Waals surface area contributed by atoms with Gasteiger partial charge in [0.1, 0.15) is 4.70 Å². The maximum Gasteiger partial charge on any atom is 0.377 e. The number of para-hydroxylation sites is 1. The van der Waals surface area contributed by atoms with E-state index in [1.807, 2.05) is 67.6 Å². The zero-order chi connectivity index (χ0) is 27.6. The quantitative estimate of drug-likeness (QED) is 0.141. The number of aromatic nitrogens is 1. The van der Waals surface area contributed by atoms with Gasteiger partial charge >= 0.3 is 10.3 Å². The second-order valence-electron chi connectivity index (χ2n) is 8.88. The van der Waals surface area contributed by atoms with Gasteiger partial charge in [-0.05, 0) is 48.2 Å². The molecule has 0 radical (unpaired) electrons. The lowest BCUT2D eigenvalue weighted by atomic mass is 10.0. The average molecular weight is 562 g/mol. The summed E-state index contributed by atoms with van der Waals surface area (Å²) in [6.07, 6.45) is 4.65. The first kappa shape index (κ1) is 26.6. The second kappa shape index (κ2) is 11.0. The van der Waals surface area contributed by atoms with Crippen LogP contribution in [0.1, 0.15) is 25.3 Å². The Bertz CT molecular complexity index is 1720. The van der Waals surface area contributed by atoms with Gasteiger partial charge in [0.05, 0.1) is 5.69 Å². The van der Waals surface area contributed by atoms with Crippen molar-refractivity contribution in [3.05, 3.63) is 95.3 Å². The fourth-order valence-corrected chi connectivity index (χ4v) is 5.98. The third-order valence-electron chi connectivity index (χ3n) is 6.33. The number of thiazole rings is 1. The molecular weight excluding hydrogens is 534 g/mol. The van der Waals surface area contributed by atoms with Crippen molar-refractivity contribution >= 4 is 49.5 Å². The molecule has 0 unspecified atom stereocenters. The molecule has 0 fully saturated rings. The summed E-state index contributed by atoms with van der Waals surface area (Å²) in [6, 6.07) is 23.9. The number of rotatable bonds is 8. The minimum atomic E-state index is -4.77. The van der Waals surface area contributed by atoms with Gasteiger partial charge in [0, 0.05) is 30.7 Å². The molecule has 0 saturated heterocycles. The fourth-order valence-electron chi connectivity index (χ4n) is 4.52. The summed E-state index contributed by atoms with van der Waals surface area (Å²) in [7, 11) is -4.77. The minimum Gasteiger partial charge on any atom is -0.857 e. The summed E-state index contributed by atoms with van der Waals surface area (Å²) in [5, 5.41) is 13.1. The van der Waals surface area contributed by atoms with Crippen molar-refractivity contribution in [1.29, 1.82) is 0 Å². The van der Waals surface area contributed by atoms with E-state index in [9.17, 15) is 13.5 Å². The SMILES string of the molecule is CCC(/C=C1\Oc2ccc(-c3ccccc3)cc2N1CC)=C\c1sc2ccccc2[n+]1C/C([O-])=N/S(=O)(=O)O. The topological polar surface area (TPSA) is 106 Å². The molecule has 4 aromatic rings. The molecule has 1 N–H and O–H groups in total. The van der Waals surface area contributed by atoms with E-state index in [1.54, 1.807) is 4.57 Å². The van der Waals surface area contributed by atoms with Crippen molar-refractivity contribution in [1.82, 2.24) is 0 Å². The summed E-state index contributed by atoms with van der Waals surface area (Å²) in [5.41, 5.74) is 4.96. The molecule has 200 valence electrons. The van der Waals surface area contributed by atoms with Crippen molar-refractivity contribution in [2.45, 2.75) is 26.8 Å². The van der Waals surface area contributed by atoms with Crippen LogP contribution in [0.4, 0.5) is 5.69 Å². The standard InChI is InChI=1S/C29H27N3O5S2/c1-3-20(17-29-32(19-27(33)30-39(34,35)36)23-12-8-9-13-26(23)38-29)16-28-31(4-2)24-18-22(14-15-25(24)37-28)21-10-6-5-7-11-21/h5-18H,3-4,19H2,1-2H3,(H-,30,33,34,35,36). The van der Waals surface area contributed by atoms with Crippen LogP contribution in [0.2, 0.25) is 0 Å². The smallest absolute Gasteiger partial charge is 0.377 e. The third kappa shape index (κ3) is 5.88. The molecule has 0 aliphatic carbocycles. The Morgan fingerprint density at radius 1 is 1.08 bits per heavy atom. The minimum absolute atomic E-state index is 0.325. The number of ether oxygens (including phenoxy) is 1. The number of hydrogen-bond donors (Lipinski definition) is 1. The highest BCUT2D eigenvalue weighted by atomic mass is 32.2. The number of allylic oxidation sites excluding steroid dienone is 2. The van der Waals surface area contributed by atoms with Crippen LogP contribution in [0.5, 0.6) is 5.75 Å². The number of fused-ring (bicyclic) bond motifs is 2. The summed E-state index contributed by atoms with van der Waals surface area (Å²) in [4.78, 5) is 2.12. The molecule has 5 rings (SSSR count). The molecule has 10 heteroatoms. The van der Waals surface area contributed by atoms with E-state index in [2.05, 4.69) is 40.5 Å². The Hall–Kier alpha value is -3.99. The molecule has 0 atom stereocenters. The highest BCUT2D eigenvalue weighted by Crippen LogP contribution is 2.42. The van der Waals surface area contributed by atoms with Crippen LogP contribution >= 0.6 is 11.3 Å². The van der Waals surface area contributed by atoms with Crippen LogP contribution in [0.15, 0.2) is 94.7 Å². The van der Waals surface area contributed by atoms with Gasteiger partial charge in [-0.25, -0.2) is 0 Å². The van der Waals surface area contributed by atoms with Gasteiger partial charge in [0.25, 0.3) is 5.01 Å². The number of anilines is 1. The average Bonchev–Trinajstić information content (AvgIpc) is 3.44. The zero-order valence-electron chi connectivity index (χ0n) is 21.4. The van der Waals surface area contributed by atoms with Gasteiger partial charge in [0.2, 0.25) is 11.4 Å². The van der Waals surface area contributed by atoms with Gasteiger partial charge in [0.15, 0.2) is 12.3 Å². The predicted molar refractivity (Wildman–Crippen MR) is 153 cm³/mol. The van der Waals surface area contributed by atoms with Gasteiger partial charge < -0.3 is 14.7 Å². The number of hydrogen-bond acceptors (Lipinski definition) is 6. The maximum absolute atomic E-state index is 12.3. The highest BCUT2D eigenvalue weighted by molar-refractivity contribution is 7.84. The van der Waals surface area contributed by atoms with Crippen LogP contribution in [-0.4, -0.2) is 25.4 Å². The van der Waals surface area contributed by atoms with Crippen molar-refractivity contribution in [3.63, 3.8) is 0 Å². The molecule has 1 aromatic heterocycles. The summed E-state index contributed by atoms with van der Waals surface area (Å²) < 4.78 is 43.0. The Morgan fingerprint density at radius 2 is 1.82 bits per heavy atom. The van der Waals surface area contributed by atoms with Gasteiger partial charge in [-0.15, -0.1) is 0 Å². The maximum atomic E-state index is 12.3. The highest BCUT2D eigenvalue weighted by Gasteiger charge is 2.26. The second-order valence-corrected chi connectivity index (χ2v) is 11.0. The van der Waals surface area contributed by atoms with E-state index in [0.29, 0.717) is 18.8 Å². The lowest BCUT2D eigenvalue weighted by Gasteiger charge is -2.16. The molecule has 0 spiro atoms. The molecule has 0 amide bonds. The van der Waals surface area contributed by atoms with E-state index in [4.69, 9.17) is 9.29 Å². The normalized spacial score (nSPS) is 15.2. The van der Waals surface area contributed by atoms with E-state index in [-0.39, 0.29) is 6.54 Å². The molecule has 1 aliphatic rings. The monoisotopic (exact) mass is 561 g/mol. The molecular formula is C29H27N3O5S2. The molecule has 2 heterocycles. The lowest BCUT2D eigenvalue weighted by molar-refractivity contribution is -0.658. The summed E-state index contributed by atoms with van der Waals surface area (Å²) in [6.45, 7) is 4.49. The largest absolute Gasteiger partial charge is 0.857 e. The molecule has 3 aromatic carbocycles. The Kier molecular flexibility index (Phi) is 7.51.